The molecule has 2 saturated carbocycles. The lowest BCUT2D eigenvalue weighted by Crippen LogP contribution is -2.26. The van der Waals surface area contributed by atoms with Gasteiger partial charge in [0, 0.05) is 31.1 Å². The molecule has 37 heavy (non-hydrogen) atoms. The van der Waals surface area contributed by atoms with Crippen LogP contribution in [0.1, 0.15) is 128 Å². The average molecular weight is 503 g/mol. The van der Waals surface area contributed by atoms with Crippen LogP contribution in [-0.2, 0) is 9.59 Å². The number of ketones is 2. The van der Waals surface area contributed by atoms with E-state index >= 15 is 0 Å². The van der Waals surface area contributed by atoms with Crippen molar-refractivity contribution in [1.82, 2.24) is 0 Å². The second-order valence-corrected chi connectivity index (χ2v) is 12.2. The summed E-state index contributed by atoms with van der Waals surface area (Å²) < 4.78 is 0. The van der Waals surface area contributed by atoms with E-state index in [0.29, 0.717) is 42.2 Å². The van der Waals surface area contributed by atoms with Crippen molar-refractivity contribution in [2.45, 2.75) is 122 Å². The molecule has 0 amide bonds. The SMILES string of the molecule is CCCCC1CCCCC1CC(=O)CCCC(=O)C1CCC(C(C2=CCCC=C2)c2ccccc2)CC1. The third-order valence-electron chi connectivity index (χ3n) is 9.60. The first kappa shape index (κ1) is 28.1. The molecule has 0 N–H and O–H groups in total. The number of hydrogen-bond donors (Lipinski definition) is 0. The van der Waals surface area contributed by atoms with Gasteiger partial charge in [-0.3, -0.25) is 9.59 Å². The second kappa shape index (κ2) is 14.8. The number of unbranched alkanes of at least 4 members (excludes halogenated alkanes) is 1. The van der Waals surface area contributed by atoms with Crippen LogP contribution in [0, 0.1) is 23.7 Å². The van der Waals surface area contributed by atoms with Gasteiger partial charge in [0.1, 0.15) is 11.6 Å². The molecule has 2 heteroatoms. The minimum absolute atomic E-state index is 0.204. The van der Waals surface area contributed by atoms with Crippen LogP contribution in [0.3, 0.4) is 0 Å². The molecule has 0 aliphatic heterocycles. The summed E-state index contributed by atoms with van der Waals surface area (Å²) >= 11 is 0. The van der Waals surface area contributed by atoms with E-state index in [2.05, 4.69) is 55.5 Å². The Hall–Kier alpha value is -1.96. The number of carbonyl (C=O) groups excluding carboxylic acids is 2. The molecule has 3 aliphatic rings. The van der Waals surface area contributed by atoms with Crippen LogP contribution in [0.25, 0.3) is 0 Å². The lowest BCUT2D eigenvalue weighted by atomic mass is 9.69. The molecule has 1 aromatic rings. The number of carbonyl (C=O) groups is 2. The Kier molecular flexibility index (Phi) is 11.3. The van der Waals surface area contributed by atoms with Crippen molar-refractivity contribution in [3.8, 4) is 0 Å². The maximum absolute atomic E-state index is 13.1. The Morgan fingerprint density at radius 1 is 0.865 bits per heavy atom. The molecule has 202 valence electrons. The van der Waals surface area contributed by atoms with Crippen LogP contribution in [0.15, 0.2) is 54.1 Å². The van der Waals surface area contributed by atoms with Crippen LogP contribution in [0.4, 0.5) is 0 Å². The standard InChI is InChI=1S/C35H50O2/c1-2-3-13-27-14-10-11-19-32(27)26-33(36)20-12-21-34(37)28-22-24-31(25-23-28)35(29-15-6-4-7-16-29)30-17-8-5-9-18-30/h4,6-8,15-18,27-28,31-32,35H,2-3,5,9-14,19-26H2,1H3. The minimum Gasteiger partial charge on any atom is -0.300 e. The summed E-state index contributed by atoms with van der Waals surface area (Å²) in [5.41, 5.74) is 2.89. The van der Waals surface area contributed by atoms with Gasteiger partial charge in [0.05, 0.1) is 0 Å². The molecule has 0 saturated heterocycles. The van der Waals surface area contributed by atoms with Crippen LogP contribution in [0.5, 0.6) is 0 Å². The first-order valence-corrected chi connectivity index (χ1v) is 15.6. The highest BCUT2D eigenvalue weighted by molar-refractivity contribution is 5.83. The van der Waals surface area contributed by atoms with Gasteiger partial charge in [-0.2, -0.15) is 0 Å². The van der Waals surface area contributed by atoms with Gasteiger partial charge in [-0.05, 0) is 80.3 Å². The minimum atomic E-state index is 0.204. The lowest BCUT2D eigenvalue weighted by Gasteiger charge is -2.35. The molecule has 0 aromatic heterocycles. The zero-order valence-corrected chi connectivity index (χ0v) is 23.3. The Bertz CT molecular complexity index is 902. The molecule has 2 nitrogen and oxygen atoms in total. The first-order chi connectivity index (χ1) is 18.2. The smallest absolute Gasteiger partial charge is 0.135 e. The van der Waals surface area contributed by atoms with E-state index in [1.165, 1.54) is 56.1 Å². The highest BCUT2D eigenvalue weighted by Gasteiger charge is 2.33. The third kappa shape index (κ3) is 8.26. The highest BCUT2D eigenvalue weighted by atomic mass is 16.1. The van der Waals surface area contributed by atoms with E-state index in [1.54, 1.807) is 0 Å². The number of hydrogen-bond acceptors (Lipinski definition) is 2. The molecule has 2 fully saturated rings. The van der Waals surface area contributed by atoms with Crippen molar-refractivity contribution in [3.05, 3.63) is 59.7 Å². The van der Waals surface area contributed by atoms with Crippen molar-refractivity contribution in [1.29, 1.82) is 0 Å². The Labute approximate surface area is 226 Å². The normalized spacial score (nSPS) is 26.9. The fourth-order valence-electron chi connectivity index (χ4n) is 7.49. The quantitative estimate of drug-likeness (QED) is 0.269. The van der Waals surface area contributed by atoms with Gasteiger partial charge in [0.25, 0.3) is 0 Å². The Morgan fingerprint density at radius 2 is 1.62 bits per heavy atom. The molecule has 0 spiro atoms. The molecule has 4 rings (SSSR count). The summed E-state index contributed by atoms with van der Waals surface area (Å²) in [5.74, 6) is 3.45. The van der Waals surface area contributed by atoms with Crippen molar-refractivity contribution in [2.75, 3.05) is 0 Å². The van der Waals surface area contributed by atoms with Crippen LogP contribution in [-0.4, -0.2) is 11.6 Å². The summed E-state index contributed by atoms with van der Waals surface area (Å²) in [6.45, 7) is 2.26. The van der Waals surface area contributed by atoms with E-state index < -0.39 is 0 Å². The van der Waals surface area contributed by atoms with E-state index in [4.69, 9.17) is 0 Å². The maximum atomic E-state index is 13.1. The molecule has 0 radical (unpaired) electrons. The van der Waals surface area contributed by atoms with Crippen LogP contribution >= 0.6 is 0 Å². The predicted octanol–water partition coefficient (Wildman–Crippen LogP) is 9.55. The Morgan fingerprint density at radius 3 is 2.32 bits per heavy atom. The molecule has 0 bridgehead atoms. The molecule has 3 aliphatic carbocycles. The Balaban J connectivity index is 1.21. The predicted molar refractivity (Wildman–Crippen MR) is 155 cm³/mol. The second-order valence-electron chi connectivity index (χ2n) is 12.2. The molecule has 1 aromatic carbocycles. The largest absolute Gasteiger partial charge is 0.300 e. The van der Waals surface area contributed by atoms with Crippen LogP contribution < -0.4 is 0 Å². The van der Waals surface area contributed by atoms with Crippen molar-refractivity contribution in [2.24, 2.45) is 23.7 Å². The highest BCUT2D eigenvalue weighted by Crippen LogP contribution is 2.44. The van der Waals surface area contributed by atoms with E-state index in [-0.39, 0.29) is 5.92 Å². The first-order valence-electron chi connectivity index (χ1n) is 15.6. The summed E-state index contributed by atoms with van der Waals surface area (Å²) in [4.78, 5) is 25.8. The van der Waals surface area contributed by atoms with E-state index in [0.717, 1.165) is 57.3 Å². The van der Waals surface area contributed by atoms with Gasteiger partial charge in [-0.25, -0.2) is 0 Å². The zero-order valence-electron chi connectivity index (χ0n) is 23.3. The topological polar surface area (TPSA) is 34.1 Å². The van der Waals surface area contributed by atoms with E-state index in [9.17, 15) is 9.59 Å². The van der Waals surface area contributed by atoms with Crippen molar-refractivity contribution < 1.29 is 9.59 Å². The summed E-state index contributed by atoms with van der Waals surface area (Å²) in [6.07, 6.45) is 25.4. The number of rotatable bonds is 13. The van der Waals surface area contributed by atoms with Gasteiger partial charge in [-0.1, -0.05) is 94.0 Å². The summed E-state index contributed by atoms with van der Waals surface area (Å²) in [5, 5.41) is 0. The third-order valence-corrected chi connectivity index (χ3v) is 9.60. The molecular formula is C35H50O2. The fraction of sp³-hybridized carbons (Fsp3) is 0.657. The van der Waals surface area contributed by atoms with Gasteiger partial charge in [-0.15, -0.1) is 0 Å². The molecule has 3 unspecified atom stereocenters. The number of benzene rings is 1. The lowest BCUT2D eigenvalue weighted by molar-refractivity contribution is -0.124. The molecule has 3 atom stereocenters. The van der Waals surface area contributed by atoms with E-state index in [1.807, 2.05) is 0 Å². The average Bonchev–Trinajstić information content (AvgIpc) is 2.94. The number of Topliss-reactive ketones (excluding diaryl/α,β-unsaturated/α-hetero) is 2. The van der Waals surface area contributed by atoms with Gasteiger partial charge < -0.3 is 0 Å². The van der Waals surface area contributed by atoms with Gasteiger partial charge in [0.15, 0.2) is 0 Å². The number of allylic oxidation sites excluding steroid dienone is 4. The molecule has 0 heterocycles. The van der Waals surface area contributed by atoms with Crippen molar-refractivity contribution >= 4 is 11.6 Å². The molecular weight excluding hydrogens is 452 g/mol. The summed E-state index contributed by atoms with van der Waals surface area (Å²) in [6, 6.07) is 11.0. The monoisotopic (exact) mass is 502 g/mol. The van der Waals surface area contributed by atoms with Crippen molar-refractivity contribution in [3.63, 3.8) is 0 Å². The van der Waals surface area contributed by atoms with Crippen LogP contribution in [0.2, 0.25) is 0 Å². The van der Waals surface area contributed by atoms with Gasteiger partial charge >= 0.3 is 0 Å². The summed E-state index contributed by atoms with van der Waals surface area (Å²) in [7, 11) is 0. The van der Waals surface area contributed by atoms with Gasteiger partial charge in [0.2, 0.25) is 0 Å². The fourth-order valence-corrected chi connectivity index (χ4v) is 7.49. The maximum Gasteiger partial charge on any atom is 0.135 e. The zero-order chi connectivity index (χ0) is 25.9.